The Hall–Kier alpha value is -2.34. The van der Waals surface area contributed by atoms with Crippen molar-refractivity contribution >= 4 is 0 Å². The number of ether oxygens (including phenoxy) is 5. The summed E-state index contributed by atoms with van der Waals surface area (Å²) in [6.07, 6.45) is -1.10. The fraction of sp³-hybridized carbons (Fsp3) is 0.600. The Labute approximate surface area is 148 Å². The van der Waals surface area contributed by atoms with Gasteiger partial charge in [0.05, 0.1) is 7.11 Å². The van der Waals surface area contributed by atoms with Gasteiger partial charge < -0.3 is 23.7 Å². The molecule has 0 atom stereocenters. The first kappa shape index (κ1) is 18.5. The molecule has 1 aromatic carbocycles. The van der Waals surface area contributed by atoms with Crippen LogP contribution in [0.3, 0.4) is 0 Å². The van der Waals surface area contributed by atoms with Crippen LogP contribution in [0.1, 0.15) is 5.56 Å². The lowest BCUT2D eigenvalue weighted by molar-refractivity contribution is -0.569. The minimum atomic E-state index is -1.56. The highest BCUT2D eigenvalue weighted by Gasteiger charge is 2.53. The van der Waals surface area contributed by atoms with Gasteiger partial charge in [0.25, 0.3) is 12.1 Å². The predicted octanol–water partition coefficient (Wildman–Crippen LogP) is 0.558. The average Bonchev–Trinajstić information content (AvgIpc) is 2.68. The van der Waals surface area contributed by atoms with Gasteiger partial charge in [-0.15, -0.1) is 0 Å². The normalized spacial score (nSPS) is 32.0. The van der Waals surface area contributed by atoms with Crippen molar-refractivity contribution in [2.45, 2.75) is 24.2 Å². The maximum Gasteiger partial charge on any atom is 0.259 e. The van der Waals surface area contributed by atoms with Crippen molar-refractivity contribution in [1.29, 1.82) is 0 Å². The van der Waals surface area contributed by atoms with Crippen LogP contribution in [0.25, 0.3) is 0 Å². The monoisotopic (exact) mass is 370 g/mol. The van der Waals surface area contributed by atoms with Crippen molar-refractivity contribution < 1.29 is 33.5 Å². The lowest BCUT2D eigenvalue weighted by Gasteiger charge is -2.43. The summed E-state index contributed by atoms with van der Waals surface area (Å²) in [6.45, 7) is -0.774. The van der Waals surface area contributed by atoms with Crippen LogP contribution in [0, 0.1) is 20.2 Å². The highest BCUT2D eigenvalue weighted by atomic mass is 16.8. The van der Waals surface area contributed by atoms with Crippen LogP contribution in [0.5, 0.6) is 5.75 Å². The van der Waals surface area contributed by atoms with Crippen LogP contribution < -0.4 is 4.74 Å². The van der Waals surface area contributed by atoms with E-state index >= 15 is 0 Å². The van der Waals surface area contributed by atoms with Gasteiger partial charge in [0.15, 0.2) is 0 Å². The highest BCUT2D eigenvalue weighted by molar-refractivity contribution is 5.30. The molecule has 2 heterocycles. The second-order valence-electron chi connectivity index (χ2n) is 5.89. The number of methoxy groups -OCH3 is 1. The van der Waals surface area contributed by atoms with Crippen molar-refractivity contribution in [2.24, 2.45) is 0 Å². The van der Waals surface area contributed by atoms with Gasteiger partial charge in [-0.2, -0.15) is 0 Å². The molecule has 0 N–H and O–H groups in total. The van der Waals surface area contributed by atoms with E-state index in [-0.39, 0.29) is 26.4 Å². The van der Waals surface area contributed by atoms with E-state index in [4.69, 9.17) is 23.7 Å². The minimum Gasteiger partial charge on any atom is -0.497 e. The van der Waals surface area contributed by atoms with E-state index < -0.39 is 34.0 Å². The molecule has 11 nitrogen and oxygen atoms in total. The van der Waals surface area contributed by atoms with Crippen LogP contribution in [0.15, 0.2) is 24.3 Å². The Balaban J connectivity index is 1.85. The van der Waals surface area contributed by atoms with Crippen LogP contribution in [0.2, 0.25) is 0 Å². The quantitative estimate of drug-likeness (QED) is 0.538. The van der Waals surface area contributed by atoms with Crippen molar-refractivity contribution in [3.05, 3.63) is 50.1 Å². The molecule has 0 spiro atoms. The van der Waals surface area contributed by atoms with E-state index in [0.29, 0.717) is 11.3 Å². The molecule has 11 heteroatoms. The molecular formula is C15H18N2O9. The third kappa shape index (κ3) is 3.46. The Morgan fingerprint density at radius 1 is 0.962 bits per heavy atom. The summed E-state index contributed by atoms with van der Waals surface area (Å²) >= 11 is 0. The lowest BCUT2D eigenvalue weighted by atomic mass is 10.0. The zero-order valence-corrected chi connectivity index (χ0v) is 13.9. The molecule has 2 saturated heterocycles. The third-order valence-electron chi connectivity index (χ3n) is 4.26. The van der Waals surface area contributed by atoms with Gasteiger partial charge >= 0.3 is 0 Å². The second-order valence-corrected chi connectivity index (χ2v) is 5.89. The van der Waals surface area contributed by atoms with E-state index in [9.17, 15) is 20.2 Å². The average molecular weight is 370 g/mol. The SMILES string of the molecule is COc1ccc(C2(C3OCC([N+](=O)[O-])CO3)OCC([N+](=O)[O-])CO2)cc1. The molecule has 0 amide bonds. The first-order valence-electron chi connectivity index (χ1n) is 7.89. The zero-order chi connectivity index (χ0) is 18.7. The maximum absolute atomic E-state index is 11.0. The van der Waals surface area contributed by atoms with Crippen molar-refractivity contribution in [3.63, 3.8) is 0 Å². The molecule has 0 saturated carbocycles. The van der Waals surface area contributed by atoms with E-state index in [2.05, 4.69) is 0 Å². The fourth-order valence-corrected chi connectivity index (χ4v) is 2.75. The molecule has 2 aliphatic heterocycles. The molecule has 26 heavy (non-hydrogen) atoms. The highest BCUT2D eigenvalue weighted by Crippen LogP contribution is 2.38. The van der Waals surface area contributed by atoms with Gasteiger partial charge in [-0.05, 0) is 24.3 Å². The standard InChI is InChI=1S/C15H18N2O9/c1-22-13-4-2-10(3-5-13)15(25-8-12(9-26-15)17(20)21)14-23-6-11(7-24-14)16(18)19/h2-5,11-12,14H,6-9H2,1H3. The van der Waals surface area contributed by atoms with Gasteiger partial charge in [-0.25, -0.2) is 0 Å². The zero-order valence-electron chi connectivity index (χ0n) is 13.9. The molecule has 0 radical (unpaired) electrons. The van der Waals surface area contributed by atoms with Crippen molar-refractivity contribution in [1.82, 2.24) is 0 Å². The molecule has 142 valence electrons. The molecule has 2 aliphatic rings. The van der Waals surface area contributed by atoms with Crippen LogP contribution in [0.4, 0.5) is 0 Å². The van der Waals surface area contributed by atoms with Gasteiger partial charge in [-0.3, -0.25) is 20.2 Å². The number of nitro groups is 2. The number of rotatable bonds is 5. The van der Waals surface area contributed by atoms with Gasteiger partial charge in [0.2, 0.25) is 12.1 Å². The summed E-state index contributed by atoms with van der Waals surface area (Å²) in [5.74, 6) is -0.956. The van der Waals surface area contributed by atoms with E-state index in [1.165, 1.54) is 7.11 Å². The lowest BCUT2D eigenvalue weighted by Crippen LogP contribution is -2.57. The van der Waals surface area contributed by atoms with Crippen LogP contribution in [-0.4, -0.2) is 61.8 Å². The summed E-state index contributed by atoms with van der Waals surface area (Å²) < 4.78 is 27.5. The third-order valence-corrected chi connectivity index (χ3v) is 4.26. The molecule has 1 aromatic rings. The van der Waals surface area contributed by atoms with Gasteiger partial charge in [-0.1, -0.05) is 0 Å². The first-order chi connectivity index (χ1) is 12.5. The largest absolute Gasteiger partial charge is 0.497 e. The maximum atomic E-state index is 11.0. The van der Waals surface area contributed by atoms with Crippen LogP contribution >= 0.6 is 0 Å². The Morgan fingerprint density at radius 2 is 1.46 bits per heavy atom. The fourth-order valence-electron chi connectivity index (χ4n) is 2.75. The minimum absolute atomic E-state index is 0.180. The predicted molar refractivity (Wildman–Crippen MR) is 83.8 cm³/mol. The summed E-state index contributed by atoms with van der Waals surface area (Å²) in [6, 6.07) is 4.67. The molecule has 0 bridgehead atoms. The smallest absolute Gasteiger partial charge is 0.259 e. The molecular weight excluding hydrogens is 352 g/mol. The van der Waals surface area contributed by atoms with Crippen LogP contribution in [-0.2, 0) is 24.7 Å². The van der Waals surface area contributed by atoms with E-state index in [1.54, 1.807) is 24.3 Å². The van der Waals surface area contributed by atoms with Gasteiger partial charge in [0, 0.05) is 15.4 Å². The second kappa shape index (κ2) is 7.50. The topological polar surface area (TPSA) is 132 Å². The van der Waals surface area contributed by atoms with E-state index in [1.807, 2.05) is 0 Å². The molecule has 0 unspecified atom stereocenters. The Kier molecular flexibility index (Phi) is 5.32. The molecule has 0 aromatic heterocycles. The number of nitrogens with zero attached hydrogens (tertiary/aromatic N) is 2. The van der Waals surface area contributed by atoms with E-state index in [0.717, 1.165) is 0 Å². The summed E-state index contributed by atoms with van der Waals surface area (Å²) in [5, 5.41) is 21.8. The summed E-state index contributed by atoms with van der Waals surface area (Å²) in [4.78, 5) is 20.9. The summed E-state index contributed by atoms with van der Waals surface area (Å²) in [7, 11) is 1.52. The molecule has 0 aliphatic carbocycles. The molecule has 2 fully saturated rings. The molecule has 3 rings (SSSR count). The van der Waals surface area contributed by atoms with Crippen molar-refractivity contribution in [2.75, 3.05) is 33.5 Å². The van der Waals surface area contributed by atoms with Crippen molar-refractivity contribution in [3.8, 4) is 5.75 Å². The Morgan fingerprint density at radius 3 is 1.92 bits per heavy atom. The summed E-state index contributed by atoms with van der Waals surface area (Å²) in [5.41, 5.74) is 0.504. The number of hydrogen-bond acceptors (Lipinski definition) is 9. The first-order valence-corrected chi connectivity index (χ1v) is 7.89. The van der Waals surface area contributed by atoms with Gasteiger partial charge in [0.1, 0.15) is 32.2 Å². The number of benzene rings is 1. The number of hydrogen-bond donors (Lipinski definition) is 0. The Bertz CT molecular complexity index is 650.